The maximum Gasteiger partial charge on any atom is 0.261 e. The summed E-state index contributed by atoms with van der Waals surface area (Å²) in [6, 6.07) is 15.9. The van der Waals surface area contributed by atoms with Crippen molar-refractivity contribution in [2.24, 2.45) is 0 Å². The molecule has 34 heavy (non-hydrogen) atoms. The Labute approximate surface area is 201 Å². The lowest BCUT2D eigenvalue weighted by Crippen LogP contribution is -2.53. The molecule has 1 N–H and O–H groups in total. The van der Waals surface area contributed by atoms with E-state index in [1.54, 1.807) is 36.1 Å². The summed E-state index contributed by atoms with van der Waals surface area (Å²) in [4.78, 5) is 53.9. The molecular formula is C27H33N3O4. The van der Waals surface area contributed by atoms with Gasteiger partial charge < -0.3 is 10.2 Å². The summed E-state index contributed by atoms with van der Waals surface area (Å²) in [5, 5.41) is 2.94. The highest BCUT2D eigenvalue weighted by atomic mass is 16.2. The summed E-state index contributed by atoms with van der Waals surface area (Å²) in [5.41, 5.74) is 1.46. The van der Waals surface area contributed by atoms with Gasteiger partial charge in [0, 0.05) is 25.0 Å². The molecule has 3 rings (SSSR count). The largest absolute Gasteiger partial charge is 0.350 e. The van der Waals surface area contributed by atoms with Crippen molar-refractivity contribution >= 4 is 23.6 Å². The molecule has 0 saturated heterocycles. The lowest BCUT2D eigenvalue weighted by Gasteiger charge is -2.31. The average Bonchev–Trinajstić information content (AvgIpc) is 3.03. The molecule has 180 valence electrons. The molecule has 0 bridgehead atoms. The van der Waals surface area contributed by atoms with Crippen LogP contribution in [0.2, 0.25) is 0 Å². The van der Waals surface area contributed by atoms with E-state index in [4.69, 9.17) is 0 Å². The van der Waals surface area contributed by atoms with E-state index in [2.05, 4.69) is 5.32 Å². The van der Waals surface area contributed by atoms with E-state index in [0.29, 0.717) is 30.5 Å². The fourth-order valence-electron chi connectivity index (χ4n) is 4.02. The second-order valence-electron chi connectivity index (χ2n) is 9.65. The van der Waals surface area contributed by atoms with Crippen molar-refractivity contribution in [2.75, 3.05) is 13.1 Å². The number of amides is 4. The van der Waals surface area contributed by atoms with Gasteiger partial charge in [-0.25, -0.2) is 0 Å². The summed E-state index contributed by atoms with van der Waals surface area (Å²) in [6.45, 7) is 7.98. The Morgan fingerprint density at radius 3 is 2.06 bits per heavy atom. The summed E-state index contributed by atoms with van der Waals surface area (Å²) in [7, 11) is 0. The van der Waals surface area contributed by atoms with E-state index in [1.807, 2.05) is 51.1 Å². The van der Waals surface area contributed by atoms with Gasteiger partial charge in [-0.1, -0.05) is 42.5 Å². The maximum atomic E-state index is 13.2. The number of carbonyl (C=O) groups excluding carboxylic acids is 4. The molecule has 0 spiro atoms. The third-order valence-corrected chi connectivity index (χ3v) is 5.80. The number of carbonyl (C=O) groups is 4. The van der Waals surface area contributed by atoms with Gasteiger partial charge in [-0.05, 0) is 58.2 Å². The molecule has 1 heterocycles. The number of nitrogens with one attached hydrogen (secondary N) is 1. The molecule has 2 aromatic carbocycles. The fourth-order valence-corrected chi connectivity index (χ4v) is 4.02. The summed E-state index contributed by atoms with van der Waals surface area (Å²) in [6.07, 6.45) is 1.09. The van der Waals surface area contributed by atoms with E-state index in [-0.39, 0.29) is 36.6 Å². The third-order valence-electron chi connectivity index (χ3n) is 5.80. The Balaban J connectivity index is 1.64. The molecule has 0 unspecified atom stereocenters. The van der Waals surface area contributed by atoms with Crippen LogP contribution in [-0.2, 0) is 16.0 Å². The third kappa shape index (κ3) is 6.10. The molecule has 1 aliphatic heterocycles. The van der Waals surface area contributed by atoms with Crippen LogP contribution in [0, 0.1) is 0 Å². The highest BCUT2D eigenvalue weighted by Crippen LogP contribution is 2.23. The molecule has 1 atom stereocenters. The van der Waals surface area contributed by atoms with Crippen LogP contribution in [0.25, 0.3) is 0 Å². The van der Waals surface area contributed by atoms with Crippen molar-refractivity contribution < 1.29 is 19.2 Å². The second kappa shape index (κ2) is 10.6. The lowest BCUT2D eigenvalue weighted by molar-refractivity contribution is -0.140. The first-order valence-electron chi connectivity index (χ1n) is 11.7. The Morgan fingerprint density at radius 1 is 0.941 bits per heavy atom. The molecule has 0 saturated carbocycles. The molecule has 0 radical (unpaired) electrons. The zero-order valence-corrected chi connectivity index (χ0v) is 20.3. The van der Waals surface area contributed by atoms with Crippen molar-refractivity contribution in [1.82, 2.24) is 15.1 Å². The smallest absolute Gasteiger partial charge is 0.261 e. The second-order valence-corrected chi connectivity index (χ2v) is 9.65. The van der Waals surface area contributed by atoms with E-state index >= 15 is 0 Å². The SMILES string of the molecule is C[C@H](C(=O)NC(C)(C)C)N(CCc1ccccc1)C(=O)CCCN1C(=O)c2ccccc2C1=O. The van der Waals surface area contributed by atoms with E-state index in [0.717, 1.165) is 5.56 Å². The molecule has 0 fully saturated rings. The van der Waals surface area contributed by atoms with Gasteiger partial charge in [0.2, 0.25) is 11.8 Å². The van der Waals surface area contributed by atoms with Crippen molar-refractivity contribution in [2.45, 2.75) is 58.5 Å². The van der Waals surface area contributed by atoms with E-state index < -0.39 is 11.6 Å². The van der Waals surface area contributed by atoms with Crippen LogP contribution in [-0.4, -0.2) is 58.1 Å². The highest BCUT2D eigenvalue weighted by molar-refractivity contribution is 6.21. The van der Waals surface area contributed by atoms with Gasteiger partial charge in [0.15, 0.2) is 0 Å². The Kier molecular flexibility index (Phi) is 7.87. The van der Waals surface area contributed by atoms with Crippen LogP contribution >= 0.6 is 0 Å². The Morgan fingerprint density at radius 2 is 1.50 bits per heavy atom. The molecule has 1 aliphatic rings. The predicted molar refractivity (Wildman–Crippen MR) is 130 cm³/mol. The van der Waals surface area contributed by atoms with Gasteiger partial charge in [-0.3, -0.25) is 24.1 Å². The minimum absolute atomic E-state index is 0.134. The van der Waals surface area contributed by atoms with Crippen LogP contribution < -0.4 is 5.32 Å². The van der Waals surface area contributed by atoms with Gasteiger partial charge >= 0.3 is 0 Å². The van der Waals surface area contributed by atoms with E-state index in [1.165, 1.54) is 4.90 Å². The zero-order valence-electron chi connectivity index (χ0n) is 20.3. The number of fused-ring (bicyclic) bond motifs is 1. The zero-order chi connectivity index (χ0) is 24.9. The quantitative estimate of drug-likeness (QED) is 0.577. The summed E-state index contributed by atoms with van der Waals surface area (Å²) >= 11 is 0. The standard InChI is InChI=1S/C27H33N3O4/c1-19(24(32)28-27(2,3)4)29(18-16-20-11-6-5-7-12-20)23(31)15-10-17-30-25(33)21-13-8-9-14-22(21)26(30)34/h5-9,11-14,19H,10,15-18H2,1-4H3,(H,28,32)/t19-/m1/s1. The average molecular weight is 464 g/mol. The van der Waals surface area contributed by atoms with Crippen molar-refractivity contribution in [1.29, 1.82) is 0 Å². The Bertz CT molecular complexity index is 1020. The maximum absolute atomic E-state index is 13.2. The van der Waals surface area contributed by atoms with Crippen molar-refractivity contribution in [3.63, 3.8) is 0 Å². The van der Waals surface area contributed by atoms with Crippen LogP contribution in [0.5, 0.6) is 0 Å². The number of rotatable bonds is 9. The summed E-state index contributed by atoms with van der Waals surface area (Å²) < 4.78 is 0. The Hall–Kier alpha value is -3.48. The first-order valence-corrected chi connectivity index (χ1v) is 11.7. The topological polar surface area (TPSA) is 86.8 Å². The molecule has 0 aromatic heterocycles. The van der Waals surface area contributed by atoms with Gasteiger partial charge in [0.05, 0.1) is 11.1 Å². The minimum atomic E-state index is -0.644. The fraction of sp³-hybridized carbons (Fsp3) is 0.407. The van der Waals surface area contributed by atoms with E-state index in [9.17, 15) is 19.2 Å². The molecular weight excluding hydrogens is 430 g/mol. The molecule has 0 aliphatic carbocycles. The van der Waals surface area contributed by atoms with Crippen LogP contribution in [0.1, 0.15) is 66.8 Å². The van der Waals surface area contributed by atoms with Crippen molar-refractivity contribution in [3.05, 3.63) is 71.3 Å². The minimum Gasteiger partial charge on any atom is -0.350 e. The first-order chi connectivity index (χ1) is 16.1. The number of hydrogen-bond acceptors (Lipinski definition) is 4. The van der Waals surface area contributed by atoms with Crippen molar-refractivity contribution in [3.8, 4) is 0 Å². The number of hydrogen-bond donors (Lipinski definition) is 1. The normalized spacial score (nSPS) is 14.1. The highest BCUT2D eigenvalue weighted by Gasteiger charge is 2.35. The van der Waals surface area contributed by atoms with Gasteiger partial charge in [-0.2, -0.15) is 0 Å². The summed E-state index contributed by atoms with van der Waals surface area (Å²) in [5.74, 6) is -1.04. The van der Waals surface area contributed by atoms with Crippen LogP contribution in [0.4, 0.5) is 0 Å². The predicted octanol–water partition coefficient (Wildman–Crippen LogP) is 3.44. The number of nitrogens with zero attached hydrogens (tertiary/aromatic N) is 2. The van der Waals surface area contributed by atoms with Gasteiger partial charge in [-0.15, -0.1) is 0 Å². The van der Waals surface area contributed by atoms with Gasteiger partial charge in [0.1, 0.15) is 6.04 Å². The lowest BCUT2D eigenvalue weighted by atomic mass is 10.1. The van der Waals surface area contributed by atoms with Crippen LogP contribution in [0.15, 0.2) is 54.6 Å². The number of benzene rings is 2. The number of imide groups is 1. The molecule has 2 aromatic rings. The van der Waals surface area contributed by atoms with Gasteiger partial charge in [0.25, 0.3) is 11.8 Å². The molecule has 7 heteroatoms. The monoisotopic (exact) mass is 463 g/mol. The first kappa shape index (κ1) is 25.1. The molecule has 7 nitrogen and oxygen atoms in total. The van der Waals surface area contributed by atoms with Crippen LogP contribution in [0.3, 0.4) is 0 Å². The molecule has 4 amide bonds.